The topological polar surface area (TPSA) is 33.1 Å². The molecule has 1 atom stereocenters. The average Bonchev–Trinajstić information content (AvgIpc) is 2.80. The van der Waals surface area contributed by atoms with Gasteiger partial charge in [-0.15, -0.1) is 12.4 Å². The third-order valence-corrected chi connectivity index (χ3v) is 3.70. The first-order valence-electron chi connectivity index (χ1n) is 7.19. The molecule has 1 aliphatic heterocycles. The van der Waals surface area contributed by atoms with Gasteiger partial charge < -0.3 is 5.32 Å². The molecule has 0 saturated carbocycles. The molecule has 0 bridgehead atoms. The summed E-state index contributed by atoms with van der Waals surface area (Å²) in [7, 11) is 0. The lowest BCUT2D eigenvalue weighted by atomic mass is 10.1. The van der Waals surface area contributed by atoms with Crippen molar-refractivity contribution in [2.24, 2.45) is 0 Å². The first kappa shape index (κ1) is 16.5. The van der Waals surface area contributed by atoms with Gasteiger partial charge in [0.25, 0.3) is 0 Å². The molecule has 2 rings (SSSR count). The fourth-order valence-corrected chi connectivity index (χ4v) is 2.77. The molecule has 110 valence electrons. The summed E-state index contributed by atoms with van der Waals surface area (Å²) >= 11 is 0. The van der Waals surface area contributed by atoms with E-state index in [0.717, 1.165) is 26.2 Å². The molecular formula is C14H27ClN4. The zero-order chi connectivity index (χ0) is 13.0. The van der Waals surface area contributed by atoms with Crippen molar-refractivity contribution in [1.29, 1.82) is 0 Å². The summed E-state index contributed by atoms with van der Waals surface area (Å²) < 4.78 is 2.14. The number of rotatable bonds is 5. The molecule has 1 saturated heterocycles. The highest BCUT2D eigenvalue weighted by Gasteiger charge is 2.22. The van der Waals surface area contributed by atoms with Gasteiger partial charge in [-0.3, -0.25) is 9.58 Å². The van der Waals surface area contributed by atoms with Crippen LogP contribution in [0.15, 0.2) is 12.3 Å². The van der Waals surface area contributed by atoms with E-state index in [2.05, 4.69) is 46.8 Å². The van der Waals surface area contributed by atoms with Gasteiger partial charge in [-0.05, 0) is 26.3 Å². The Kier molecular flexibility index (Phi) is 6.83. The lowest BCUT2D eigenvalue weighted by molar-refractivity contribution is 0.139. The van der Waals surface area contributed by atoms with Crippen molar-refractivity contribution in [2.75, 3.05) is 19.6 Å². The summed E-state index contributed by atoms with van der Waals surface area (Å²) in [6.07, 6.45) is 4.46. The van der Waals surface area contributed by atoms with Crippen LogP contribution in [-0.2, 0) is 6.54 Å². The van der Waals surface area contributed by atoms with Gasteiger partial charge in [0.1, 0.15) is 0 Å². The largest absolute Gasteiger partial charge is 0.314 e. The van der Waals surface area contributed by atoms with Gasteiger partial charge in [0.05, 0.1) is 5.69 Å². The number of hydrogen-bond donors (Lipinski definition) is 1. The predicted molar refractivity (Wildman–Crippen MR) is 81.8 cm³/mol. The summed E-state index contributed by atoms with van der Waals surface area (Å²) in [5.41, 5.74) is 1.34. The number of nitrogens with zero attached hydrogens (tertiary/aromatic N) is 3. The molecule has 0 aliphatic carbocycles. The Hall–Kier alpha value is -0.580. The highest BCUT2D eigenvalue weighted by Crippen LogP contribution is 2.16. The summed E-state index contributed by atoms with van der Waals surface area (Å²) in [5, 5.41) is 7.93. The Morgan fingerprint density at radius 3 is 2.95 bits per heavy atom. The van der Waals surface area contributed by atoms with Crippen molar-refractivity contribution in [1.82, 2.24) is 20.0 Å². The number of piperazine rings is 1. The molecule has 1 aromatic heterocycles. The summed E-state index contributed by atoms with van der Waals surface area (Å²) in [6.45, 7) is 11.1. The van der Waals surface area contributed by atoms with Crippen molar-refractivity contribution in [2.45, 2.75) is 52.2 Å². The van der Waals surface area contributed by atoms with E-state index in [4.69, 9.17) is 0 Å². The second-order valence-electron chi connectivity index (χ2n) is 5.48. The second-order valence-corrected chi connectivity index (χ2v) is 5.48. The number of aromatic nitrogens is 2. The molecule has 19 heavy (non-hydrogen) atoms. The van der Waals surface area contributed by atoms with Crippen LogP contribution >= 0.6 is 12.4 Å². The fraction of sp³-hybridized carbons (Fsp3) is 0.786. The number of nitrogens with one attached hydrogen (secondary N) is 1. The zero-order valence-electron chi connectivity index (χ0n) is 12.3. The molecule has 1 aliphatic rings. The maximum atomic E-state index is 4.43. The summed E-state index contributed by atoms with van der Waals surface area (Å²) in [5.74, 6) is 0. The Labute approximate surface area is 123 Å². The molecule has 2 heterocycles. The normalized spacial score (nSPS) is 20.5. The fourth-order valence-electron chi connectivity index (χ4n) is 2.77. The van der Waals surface area contributed by atoms with Gasteiger partial charge in [-0.25, -0.2) is 0 Å². The van der Waals surface area contributed by atoms with E-state index in [9.17, 15) is 0 Å². The van der Waals surface area contributed by atoms with Crippen molar-refractivity contribution >= 4 is 12.4 Å². The van der Waals surface area contributed by atoms with Crippen LogP contribution in [-0.4, -0.2) is 40.4 Å². The third-order valence-electron chi connectivity index (χ3n) is 3.70. The Bertz CT molecular complexity index is 362. The Morgan fingerprint density at radius 2 is 2.26 bits per heavy atom. The monoisotopic (exact) mass is 286 g/mol. The summed E-state index contributed by atoms with van der Waals surface area (Å²) in [6, 6.07) is 3.28. The first-order chi connectivity index (χ1) is 8.72. The molecule has 1 N–H and O–H groups in total. The Balaban J connectivity index is 0.00000180. The molecule has 1 fully saturated rings. The smallest absolute Gasteiger partial charge is 0.0527 e. The van der Waals surface area contributed by atoms with Crippen molar-refractivity contribution in [3.8, 4) is 0 Å². The highest BCUT2D eigenvalue weighted by molar-refractivity contribution is 5.85. The second kappa shape index (κ2) is 7.88. The van der Waals surface area contributed by atoms with Crippen LogP contribution in [0, 0.1) is 0 Å². The lowest BCUT2D eigenvalue weighted by Crippen LogP contribution is -2.50. The van der Waals surface area contributed by atoms with Crippen LogP contribution < -0.4 is 5.32 Å². The van der Waals surface area contributed by atoms with Gasteiger partial charge in [-0.1, -0.05) is 13.3 Å². The zero-order valence-corrected chi connectivity index (χ0v) is 13.1. The SMILES string of the molecule is CCCC1CNCCN1Cc1ccnn1C(C)C.Cl. The average molecular weight is 287 g/mol. The van der Waals surface area contributed by atoms with E-state index in [1.807, 2.05) is 6.20 Å². The van der Waals surface area contributed by atoms with Gasteiger partial charge >= 0.3 is 0 Å². The highest BCUT2D eigenvalue weighted by atomic mass is 35.5. The minimum absolute atomic E-state index is 0. The van der Waals surface area contributed by atoms with Crippen LogP contribution in [0.2, 0.25) is 0 Å². The van der Waals surface area contributed by atoms with Crippen molar-refractivity contribution in [3.05, 3.63) is 18.0 Å². The van der Waals surface area contributed by atoms with Crippen molar-refractivity contribution < 1.29 is 0 Å². The number of halogens is 1. The minimum atomic E-state index is 0. The predicted octanol–water partition coefficient (Wildman–Crippen LogP) is 2.46. The molecule has 0 radical (unpaired) electrons. The van der Waals surface area contributed by atoms with Gasteiger partial charge in [0, 0.05) is 44.5 Å². The number of hydrogen-bond acceptors (Lipinski definition) is 3. The van der Waals surface area contributed by atoms with Crippen LogP contribution in [0.25, 0.3) is 0 Å². The van der Waals surface area contributed by atoms with Crippen LogP contribution in [0.3, 0.4) is 0 Å². The van der Waals surface area contributed by atoms with E-state index in [1.54, 1.807) is 0 Å². The van der Waals surface area contributed by atoms with E-state index < -0.39 is 0 Å². The molecule has 4 nitrogen and oxygen atoms in total. The molecule has 5 heteroatoms. The van der Waals surface area contributed by atoms with E-state index in [-0.39, 0.29) is 12.4 Å². The van der Waals surface area contributed by atoms with E-state index >= 15 is 0 Å². The molecule has 0 aromatic carbocycles. The maximum Gasteiger partial charge on any atom is 0.0527 e. The van der Waals surface area contributed by atoms with Gasteiger partial charge in [0.15, 0.2) is 0 Å². The van der Waals surface area contributed by atoms with Gasteiger partial charge in [0.2, 0.25) is 0 Å². The van der Waals surface area contributed by atoms with E-state index in [1.165, 1.54) is 18.5 Å². The maximum absolute atomic E-state index is 4.43. The van der Waals surface area contributed by atoms with Crippen LogP contribution in [0.4, 0.5) is 0 Å². The third kappa shape index (κ3) is 4.20. The molecular weight excluding hydrogens is 260 g/mol. The quantitative estimate of drug-likeness (QED) is 0.903. The first-order valence-corrected chi connectivity index (χ1v) is 7.19. The standard InChI is InChI=1S/C14H26N4.ClH/c1-4-5-13-10-15-8-9-17(13)11-14-6-7-16-18(14)12(2)3;/h6-7,12-13,15H,4-5,8-11H2,1-3H3;1H. The molecule has 0 spiro atoms. The summed E-state index contributed by atoms with van der Waals surface area (Å²) in [4.78, 5) is 2.61. The molecule has 0 amide bonds. The van der Waals surface area contributed by atoms with Crippen LogP contribution in [0.1, 0.15) is 45.3 Å². The Morgan fingerprint density at radius 1 is 1.47 bits per heavy atom. The van der Waals surface area contributed by atoms with Crippen LogP contribution in [0.5, 0.6) is 0 Å². The van der Waals surface area contributed by atoms with Gasteiger partial charge in [-0.2, -0.15) is 5.10 Å². The molecule has 1 aromatic rings. The lowest BCUT2D eigenvalue weighted by Gasteiger charge is -2.36. The van der Waals surface area contributed by atoms with Crippen molar-refractivity contribution in [3.63, 3.8) is 0 Å². The van der Waals surface area contributed by atoms with E-state index in [0.29, 0.717) is 12.1 Å². The minimum Gasteiger partial charge on any atom is -0.314 e. The molecule has 1 unspecified atom stereocenters.